The quantitative estimate of drug-likeness (QED) is 0.116. The van der Waals surface area contributed by atoms with Crippen LogP contribution in [0.4, 0.5) is 5.13 Å². The van der Waals surface area contributed by atoms with E-state index in [2.05, 4.69) is 32.7 Å². The van der Waals surface area contributed by atoms with Gasteiger partial charge in [0.1, 0.15) is 17.2 Å². The Balaban J connectivity index is 1.33. The van der Waals surface area contributed by atoms with E-state index in [1.165, 1.54) is 23.1 Å². The molecule has 0 unspecified atom stereocenters. The molecular formula is C31H32N6O5S2. The normalized spacial score (nSPS) is 10.9. The number of hydrogen-bond acceptors (Lipinski definition) is 10. The molecule has 5 aromatic rings. The maximum atomic E-state index is 13.0. The first-order valence-corrected chi connectivity index (χ1v) is 15.7. The lowest BCUT2D eigenvalue weighted by Crippen LogP contribution is -2.24. The lowest BCUT2D eigenvalue weighted by Gasteiger charge is -2.15. The second-order valence-electron chi connectivity index (χ2n) is 9.50. The van der Waals surface area contributed by atoms with Gasteiger partial charge in [-0.2, -0.15) is 0 Å². The number of hydrogen-bond donors (Lipinski definition) is 2. The number of thioether (sulfide) groups is 1. The van der Waals surface area contributed by atoms with E-state index in [1.807, 2.05) is 24.3 Å². The van der Waals surface area contributed by atoms with Gasteiger partial charge in [0.05, 0.1) is 49.0 Å². The molecule has 0 saturated heterocycles. The van der Waals surface area contributed by atoms with Crippen molar-refractivity contribution in [1.82, 2.24) is 25.1 Å². The SMILES string of the molecule is CCCCOc1ccc(C(=O)NCc2nnc(SCC(=O)Nc3nc4ccccc4s3)n2-c2cc(OC)ccc2OC)cc1. The van der Waals surface area contributed by atoms with E-state index in [-0.39, 0.29) is 24.1 Å². The molecule has 2 aromatic heterocycles. The summed E-state index contributed by atoms with van der Waals surface area (Å²) in [7, 11) is 3.13. The van der Waals surface area contributed by atoms with Crippen LogP contribution in [0.5, 0.6) is 17.2 Å². The lowest BCUT2D eigenvalue weighted by atomic mass is 10.2. The molecule has 44 heavy (non-hydrogen) atoms. The van der Waals surface area contributed by atoms with Gasteiger partial charge < -0.3 is 24.8 Å². The van der Waals surface area contributed by atoms with Gasteiger partial charge in [0, 0.05) is 11.6 Å². The third-order valence-corrected chi connectivity index (χ3v) is 8.37. The first-order valence-electron chi connectivity index (χ1n) is 13.9. The van der Waals surface area contributed by atoms with Crippen LogP contribution in [-0.2, 0) is 11.3 Å². The van der Waals surface area contributed by atoms with Gasteiger partial charge in [0.15, 0.2) is 16.1 Å². The van der Waals surface area contributed by atoms with Crippen LogP contribution in [0.25, 0.3) is 15.9 Å². The molecule has 228 valence electrons. The van der Waals surface area contributed by atoms with E-state index in [0.29, 0.717) is 51.2 Å². The van der Waals surface area contributed by atoms with Crippen molar-refractivity contribution >= 4 is 50.3 Å². The minimum atomic E-state index is -0.276. The fraction of sp³-hybridized carbons (Fsp3) is 0.258. The Morgan fingerprint density at radius 3 is 2.52 bits per heavy atom. The van der Waals surface area contributed by atoms with Crippen molar-refractivity contribution in [1.29, 1.82) is 0 Å². The number of benzene rings is 3. The van der Waals surface area contributed by atoms with Gasteiger partial charge in [-0.05, 0) is 55.0 Å². The van der Waals surface area contributed by atoms with Crippen LogP contribution in [0.15, 0.2) is 71.9 Å². The molecule has 0 fully saturated rings. The molecule has 3 aromatic carbocycles. The number of aromatic nitrogens is 4. The van der Waals surface area contributed by atoms with Crippen LogP contribution in [0.2, 0.25) is 0 Å². The number of rotatable bonds is 14. The highest BCUT2D eigenvalue weighted by atomic mass is 32.2. The summed E-state index contributed by atoms with van der Waals surface area (Å²) >= 11 is 2.61. The first kappa shape index (κ1) is 30.8. The Bertz CT molecular complexity index is 1700. The van der Waals surface area contributed by atoms with E-state index in [9.17, 15) is 9.59 Å². The van der Waals surface area contributed by atoms with Crippen LogP contribution < -0.4 is 24.8 Å². The van der Waals surface area contributed by atoms with Crippen LogP contribution in [0.1, 0.15) is 35.9 Å². The zero-order chi connectivity index (χ0) is 30.9. The van der Waals surface area contributed by atoms with Crippen molar-refractivity contribution in [2.45, 2.75) is 31.5 Å². The predicted molar refractivity (Wildman–Crippen MR) is 171 cm³/mol. The summed E-state index contributed by atoms with van der Waals surface area (Å²) in [5, 5.41) is 15.5. The van der Waals surface area contributed by atoms with Gasteiger partial charge in [-0.1, -0.05) is 48.6 Å². The number of amides is 2. The maximum Gasteiger partial charge on any atom is 0.251 e. The Morgan fingerprint density at radius 1 is 0.977 bits per heavy atom. The minimum Gasteiger partial charge on any atom is -0.497 e. The van der Waals surface area contributed by atoms with Gasteiger partial charge >= 0.3 is 0 Å². The Hall–Kier alpha value is -4.62. The van der Waals surface area contributed by atoms with E-state index in [4.69, 9.17) is 14.2 Å². The molecule has 13 heteroatoms. The molecule has 0 atom stereocenters. The number of methoxy groups -OCH3 is 2. The summed E-state index contributed by atoms with van der Waals surface area (Å²) in [5.41, 5.74) is 1.91. The first-order chi connectivity index (χ1) is 21.5. The number of para-hydroxylation sites is 1. The maximum absolute atomic E-state index is 13.0. The largest absolute Gasteiger partial charge is 0.497 e. The second-order valence-corrected chi connectivity index (χ2v) is 11.5. The molecule has 0 saturated carbocycles. The smallest absolute Gasteiger partial charge is 0.251 e. The molecule has 2 amide bonds. The summed E-state index contributed by atoms with van der Waals surface area (Å²) in [4.78, 5) is 30.4. The fourth-order valence-corrected chi connectivity index (χ4v) is 5.88. The average Bonchev–Trinajstić information content (AvgIpc) is 3.65. The molecule has 0 aliphatic rings. The summed E-state index contributed by atoms with van der Waals surface area (Å²) < 4.78 is 19.5. The number of unbranched alkanes of at least 4 members (excludes halogenated alkanes) is 1. The third kappa shape index (κ3) is 7.47. The number of anilines is 1. The number of ether oxygens (including phenoxy) is 3. The monoisotopic (exact) mass is 632 g/mol. The van der Waals surface area contributed by atoms with E-state index in [1.54, 1.807) is 61.3 Å². The standard InChI is InChI=1S/C31H32N6O5S2/c1-4-5-16-42-21-12-10-20(11-13-21)29(39)32-18-27-35-36-31(37(27)24-17-22(40-2)14-15-25(24)41-3)43-19-28(38)34-30-33-23-8-6-7-9-26(23)44-30/h6-15,17H,4-5,16,18-19H2,1-3H3,(H,32,39)(H,33,34,38). The van der Waals surface area contributed by atoms with E-state index >= 15 is 0 Å². The molecule has 0 bridgehead atoms. The molecular weight excluding hydrogens is 601 g/mol. The van der Waals surface area contributed by atoms with Crippen molar-refractivity contribution in [3.63, 3.8) is 0 Å². The van der Waals surface area contributed by atoms with Gasteiger partial charge in [-0.3, -0.25) is 14.2 Å². The van der Waals surface area contributed by atoms with Crippen LogP contribution in [-0.4, -0.2) is 58.1 Å². The minimum absolute atomic E-state index is 0.0549. The fourth-order valence-electron chi connectivity index (χ4n) is 4.23. The third-order valence-electron chi connectivity index (χ3n) is 6.49. The highest BCUT2D eigenvalue weighted by molar-refractivity contribution is 7.99. The lowest BCUT2D eigenvalue weighted by molar-refractivity contribution is -0.113. The van der Waals surface area contributed by atoms with Crippen LogP contribution >= 0.6 is 23.1 Å². The number of thiazole rings is 1. The van der Waals surface area contributed by atoms with Crippen molar-refractivity contribution in [3.05, 3.63) is 78.1 Å². The van der Waals surface area contributed by atoms with Gasteiger partial charge in [-0.15, -0.1) is 10.2 Å². The molecule has 5 rings (SSSR count). The van der Waals surface area contributed by atoms with Crippen molar-refractivity contribution < 1.29 is 23.8 Å². The molecule has 2 heterocycles. The summed E-state index contributed by atoms with van der Waals surface area (Å²) in [6, 6.07) is 20.0. The number of nitrogens with one attached hydrogen (secondary N) is 2. The molecule has 0 spiro atoms. The Labute approximate surface area is 263 Å². The van der Waals surface area contributed by atoms with Crippen LogP contribution in [0.3, 0.4) is 0 Å². The number of fused-ring (bicyclic) bond motifs is 1. The Morgan fingerprint density at radius 2 is 1.77 bits per heavy atom. The molecule has 11 nitrogen and oxygen atoms in total. The van der Waals surface area contributed by atoms with E-state index < -0.39 is 0 Å². The predicted octanol–water partition coefficient (Wildman–Crippen LogP) is 5.73. The van der Waals surface area contributed by atoms with Crippen LogP contribution in [0, 0.1) is 0 Å². The van der Waals surface area contributed by atoms with Crippen molar-refractivity contribution in [3.8, 4) is 22.9 Å². The Kier molecular flexibility index (Phi) is 10.3. The van der Waals surface area contributed by atoms with E-state index in [0.717, 1.165) is 23.1 Å². The molecule has 2 N–H and O–H groups in total. The summed E-state index contributed by atoms with van der Waals surface area (Å²) in [5.74, 6) is 1.83. The van der Waals surface area contributed by atoms with Crippen molar-refractivity contribution in [2.75, 3.05) is 31.9 Å². The topological polar surface area (TPSA) is 129 Å². The van der Waals surface area contributed by atoms with Gasteiger partial charge in [0.2, 0.25) is 5.91 Å². The highest BCUT2D eigenvalue weighted by Crippen LogP contribution is 2.32. The molecule has 0 radical (unpaired) electrons. The summed E-state index contributed by atoms with van der Waals surface area (Å²) in [6.45, 7) is 2.81. The van der Waals surface area contributed by atoms with Gasteiger partial charge in [0.25, 0.3) is 5.91 Å². The number of nitrogens with zero attached hydrogens (tertiary/aromatic N) is 4. The number of carbonyl (C=O) groups excluding carboxylic acids is 2. The zero-order valence-electron chi connectivity index (χ0n) is 24.5. The summed E-state index contributed by atoms with van der Waals surface area (Å²) in [6.07, 6.45) is 2.01. The highest BCUT2D eigenvalue weighted by Gasteiger charge is 2.21. The zero-order valence-corrected chi connectivity index (χ0v) is 26.2. The molecule has 0 aliphatic heterocycles. The van der Waals surface area contributed by atoms with Crippen molar-refractivity contribution in [2.24, 2.45) is 0 Å². The second kappa shape index (κ2) is 14.7. The number of carbonyl (C=O) groups is 2. The van der Waals surface area contributed by atoms with Gasteiger partial charge in [-0.25, -0.2) is 4.98 Å². The molecule has 0 aliphatic carbocycles. The average molecular weight is 633 g/mol.